The van der Waals surface area contributed by atoms with E-state index in [9.17, 15) is 4.79 Å². The smallest absolute Gasteiger partial charge is 0.323 e. The Balaban J connectivity index is 1.73. The number of anilines is 1. The number of nitrogens with zero attached hydrogens (tertiary/aromatic N) is 1. The molecule has 2 N–H and O–H groups in total. The largest absolute Gasteiger partial charge is 0.473 e. The Kier molecular flexibility index (Phi) is 4.35. The number of carbonyl (C=O) groups is 1. The third-order valence-corrected chi connectivity index (χ3v) is 3.21. The van der Waals surface area contributed by atoms with Gasteiger partial charge in [0.15, 0.2) is 11.9 Å². The number of hydrogen-bond donors (Lipinski definition) is 2. The Morgan fingerprint density at radius 1 is 1.32 bits per heavy atom. The average molecular weight is 277 g/mol. The molecule has 19 heavy (non-hydrogen) atoms. The standard InChI is InChI=1S/C13H15N3O2S/c1-9-3-5-11(6-4-9)18-8-14-12(17)16-13-15-10(2)7-19-13/h3-7H,8H2,1-2H3,(H2,14,15,16,17). The van der Waals surface area contributed by atoms with Crippen LogP contribution in [0, 0.1) is 13.8 Å². The fraction of sp³-hybridized carbons (Fsp3) is 0.231. The van der Waals surface area contributed by atoms with Gasteiger partial charge in [0.2, 0.25) is 0 Å². The third kappa shape index (κ3) is 4.26. The molecule has 100 valence electrons. The SMILES string of the molecule is Cc1ccc(OCNC(=O)Nc2nc(C)cs2)cc1. The topological polar surface area (TPSA) is 63.2 Å². The van der Waals surface area contributed by atoms with Crippen LogP contribution >= 0.6 is 11.3 Å². The van der Waals surface area contributed by atoms with Gasteiger partial charge < -0.3 is 10.1 Å². The molecule has 0 aliphatic carbocycles. The van der Waals surface area contributed by atoms with E-state index < -0.39 is 0 Å². The molecule has 1 aromatic heterocycles. The number of urea groups is 1. The number of aromatic nitrogens is 1. The highest BCUT2D eigenvalue weighted by Gasteiger charge is 2.04. The summed E-state index contributed by atoms with van der Waals surface area (Å²) in [6.07, 6.45) is 0. The first-order chi connectivity index (χ1) is 9.13. The van der Waals surface area contributed by atoms with Crippen molar-refractivity contribution >= 4 is 22.5 Å². The van der Waals surface area contributed by atoms with Crippen LogP contribution in [0.4, 0.5) is 9.93 Å². The molecule has 6 heteroatoms. The van der Waals surface area contributed by atoms with Crippen LogP contribution in [0.5, 0.6) is 5.75 Å². The first-order valence-electron chi connectivity index (χ1n) is 5.80. The Bertz CT molecular complexity index is 551. The van der Waals surface area contributed by atoms with Gasteiger partial charge in [0.25, 0.3) is 0 Å². The number of amides is 2. The third-order valence-electron chi connectivity index (χ3n) is 2.33. The molecule has 5 nitrogen and oxygen atoms in total. The quantitative estimate of drug-likeness (QED) is 0.845. The maximum atomic E-state index is 11.5. The predicted molar refractivity (Wildman–Crippen MR) is 75.7 cm³/mol. The number of benzene rings is 1. The lowest BCUT2D eigenvalue weighted by Gasteiger charge is -2.08. The Morgan fingerprint density at radius 2 is 2.05 bits per heavy atom. The van der Waals surface area contributed by atoms with Gasteiger partial charge in [0, 0.05) is 5.38 Å². The number of nitrogens with one attached hydrogen (secondary N) is 2. The number of rotatable bonds is 4. The van der Waals surface area contributed by atoms with Crippen molar-refractivity contribution in [1.82, 2.24) is 10.3 Å². The Morgan fingerprint density at radius 3 is 2.68 bits per heavy atom. The molecule has 0 bridgehead atoms. The van der Waals surface area contributed by atoms with E-state index in [0.717, 1.165) is 17.0 Å². The minimum Gasteiger partial charge on any atom is -0.473 e. The summed E-state index contributed by atoms with van der Waals surface area (Å²) >= 11 is 1.39. The molecule has 2 rings (SSSR count). The van der Waals surface area contributed by atoms with Crippen LogP contribution in [0.2, 0.25) is 0 Å². The van der Waals surface area contributed by atoms with Crippen molar-refractivity contribution in [3.63, 3.8) is 0 Å². The molecule has 2 aromatic rings. The average Bonchev–Trinajstić information content (AvgIpc) is 2.77. The molecule has 1 heterocycles. The summed E-state index contributed by atoms with van der Waals surface area (Å²) in [7, 11) is 0. The van der Waals surface area contributed by atoms with Gasteiger partial charge in [-0.25, -0.2) is 9.78 Å². The van der Waals surface area contributed by atoms with Crippen molar-refractivity contribution in [2.24, 2.45) is 0 Å². The van der Waals surface area contributed by atoms with Crippen LogP contribution in [0.1, 0.15) is 11.3 Å². The lowest BCUT2D eigenvalue weighted by atomic mass is 10.2. The molecule has 0 atom stereocenters. The van der Waals surface area contributed by atoms with Crippen molar-refractivity contribution in [2.45, 2.75) is 13.8 Å². The highest BCUT2D eigenvalue weighted by molar-refractivity contribution is 7.13. The molecule has 0 spiro atoms. The van der Waals surface area contributed by atoms with Crippen LogP contribution < -0.4 is 15.4 Å². The van der Waals surface area contributed by atoms with Crippen molar-refractivity contribution in [3.8, 4) is 5.75 Å². The van der Waals surface area contributed by atoms with Crippen molar-refractivity contribution in [2.75, 3.05) is 12.0 Å². The maximum absolute atomic E-state index is 11.5. The van der Waals surface area contributed by atoms with Crippen molar-refractivity contribution in [1.29, 1.82) is 0 Å². The maximum Gasteiger partial charge on any atom is 0.323 e. The molecule has 0 saturated carbocycles. The number of thiazole rings is 1. The summed E-state index contributed by atoms with van der Waals surface area (Å²) in [5.41, 5.74) is 2.05. The van der Waals surface area contributed by atoms with Gasteiger partial charge >= 0.3 is 6.03 Å². The summed E-state index contributed by atoms with van der Waals surface area (Å²) in [6.45, 7) is 3.99. The van der Waals surface area contributed by atoms with Gasteiger partial charge in [0.1, 0.15) is 5.75 Å². The van der Waals surface area contributed by atoms with Gasteiger partial charge in [-0.05, 0) is 26.0 Å². The molecular weight excluding hydrogens is 262 g/mol. The molecule has 0 aliphatic heterocycles. The zero-order valence-corrected chi connectivity index (χ0v) is 11.6. The lowest BCUT2D eigenvalue weighted by Crippen LogP contribution is -2.31. The second kappa shape index (κ2) is 6.19. The van der Waals surface area contributed by atoms with Crippen molar-refractivity contribution in [3.05, 3.63) is 40.9 Å². The fourth-order valence-corrected chi connectivity index (χ4v) is 2.06. The molecule has 0 unspecified atom stereocenters. The van der Waals surface area contributed by atoms with Gasteiger partial charge in [-0.3, -0.25) is 5.32 Å². The normalized spacial score (nSPS) is 10.0. The number of carbonyl (C=O) groups excluding carboxylic acids is 1. The molecule has 1 aromatic carbocycles. The Hall–Kier alpha value is -2.08. The number of hydrogen-bond acceptors (Lipinski definition) is 4. The minimum atomic E-state index is -0.332. The van der Waals surface area contributed by atoms with Crippen molar-refractivity contribution < 1.29 is 9.53 Å². The second-order valence-electron chi connectivity index (χ2n) is 4.03. The Labute approximate surface area is 115 Å². The van der Waals surface area contributed by atoms with Crippen LogP contribution in [-0.4, -0.2) is 17.7 Å². The zero-order chi connectivity index (χ0) is 13.7. The molecular formula is C13H15N3O2S. The van der Waals surface area contributed by atoms with Crippen LogP contribution in [0.15, 0.2) is 29.6 Å². The molecule has 0 aliphatic rings. The minimum absolute atomic E-state index is 0.110. The second-order valence-corrected chi connectivity index (χ2v) is 4.88. The van der Waals surface area contributed by atoms with E-state index in [1.54, 1.807) is 0 Å². The monoisotopic (exact) mass is 277 g/mol. The van der Waals surface area contributed by atoms with Gasteiger partial charge in [0.05, 0.1) is 5.69 Å². The van der Waals surface area contributed by atoms with Crippen LogP contribution in [0.3, 0.4) is 0 Å². The molecule has 0 saturated heterocycles. The van der Waals surface area contributed by atoms with Crippen LogP contribution in [-0.2, 0) is 0 Å². The number of aryl methyl sites for hydroxylation is 2. The van der Waals surface area contributed by atoms with E-state index in [-0.39, 0.29) is 12.8 Å². The van der Waals surface area contributed by atoms with Gasteiger partial charge in [-0.1, -0.05) is 17.7 Å². The van der Waals surface area contributed by atoms with Gasteiger partial charge in [-0.2, -0.15) is 0 Å². The molecule has 0 fully saturated rings. The van der Waals surface area contributed by atoms with E-state index in [1.165, 1.54) is 11.3 Å². The van der Waals surface area contributed by atoms with Crippen LogP contribution in [0.25, 0.3) is 0 Å². The summed E-state index contributed by atoms with van der Waals surface area (Å²) in [6, 6.07) is 7.29. The lowest BCUT2D eigenvalue weighted by molar-refractivity contribution is 0.234. The summed E-state index contributed by atoms with van der Waals surface area (Å²) < 4.78 is 5.39. The van der Waals surface area contributed by atoms with Gasteiger partial charge in [-0.15, -0.1) is 11.3 Å². The van der Waals surface area contributed by atoms with E-state index >= 15 is 0 Å². The first-order valence-corrected chi connectivity index (χ1v) is 6.68. The summed E-state index contributed by atoms with van der Waals surface area (Å²) in [5, 5.41) is 7.68. The van der Waals surface area contributed by atoms with E-state index in [2.05, 4.69) is 15.6 Å². The fourth-order valence-electron chi connectivity index (χ4n) is 1.37. The summed E-state index contributed by atoms with van der Waals surface area (Å²) in [5.74, 6) is 0.719. The zero-order valence-electron chi connectivity index (χ0n) is 10.8. The summed E-state index contributed by atoms with van der Waals surface area (Å²) in [4.78, 5) is 15.7. The highest BCUT2D eigenvalue weighted by atomic mass is 32.1. The van der Waals surface area contributed by atoms with E-state index in [0.29, 0.717) is 5.13 Å². The molecule has 0 radical (unpaired) electrons. The first kappa shape index (κ1) is 13.4. The highest BCUT2D eigenvalue weighted by Crippen LogP contribution is 2.14. The number of ether oxygens (including phenoxy) is 1. The predicted octanol–water partition coefficient (Wildman–Crippen LogP) is 2.92. The van der Waals surface area contributed by atoms with E-state index in [4.69, 9.17) is 4.74 Å². The van der Waals surface area contributed by atoms with E-state index in [1.807, 2.05) is 43.5 Å². The molecule has 2 amide bonds.